The fourth-order valence-corrected chi connectivity index (χ4v) is 3.04. The van der Waals surface area contributed by atoms with E-state index in [1.54, 1.807) is 45.2 Å². The van der Waals surface area contributed by atoms with Crippen LogP contribution in [0.2, 0.25) is 0 Å². The van der Waals surface area contributed by atoms with Gasteiger partial charge in [0.15, 0.2) is 0 Å². The molecule has 0 heterocycles. The zero-order valence-electron chi connectivity index (χ0n) is 14.0. The Kier molecular flexibility index (Phi) is 8.74. The Morgan fingerprint density at radius 3 is 1.66 bits per heavy atom. The Morgan fingerprint density at radius 2 is 1.31 bits per heavy atom. The van der Waals surface area contributed by atoms with E-state index >= 15 is 0 Å². The summed E-state index contributed by atoms with van der Waals surface area (Å²) in [6.45, 7) is 0. The Balaban J connectivity index is 0.000000291. The summed E-state index contributed by atoms with van der Waals surface area (Å²) < 4.78 is 31.5. The molecule has 0 bridgehead atoms. The number of esters is 1. The van der Waals surface area contributed by atoms with Crippen molar-refractivity contribution in [3.63, 3.8) is 0 Å². The molecule has 0 radical (unpaired) electrons. The number of benzene rings is 2. The van der Waals surface area contributed by atoms with Gasteiger partial charge in [-0.3, -0.25) is 20.2 Å². The van der Waals surface area contributed by atoms with E-state index in [-0.39, 0.29) is 0 Å². The highest BCUT2D eigenvalue weighted by Gasteiger charge is 2.24. The van der Waals surface area contributed by atoms with Gasteiger partial charge in [-0.2, -0.15) is 8.78 Å². The van der Waals surface area contributed by atoms with Gasteiger partial charge in [0, 0.05) is 19.3 Å². The number of nitrogens with zero attached hydrogens (tertiary/aromatic N) is 2. The van der Waals surface area contributed by atoms with Crippen molar-refractivity contribution in [3.05, 3.63) is 74.4 Å². The topological polar surface area (TPSA) is 150 Å². The van der Waals surface area contributed by atoms with E-state index in [1.165, 1.54) is 6.07 Å². The van der Waals surface area contributed by atoms with Gasteiger partial charge >= 0.3 is 23.3 Å². The minimum Gasteiger partial charge on any atom is -0.478 e. The quantitative estimate of drug-likeness (QED) is 0.228. The molecule has 0 unspecified atom stereocenters. The molecule has 0 aromatic heterocycles. The molecule has 0 aliphatic carbocycles. The molecule has 0 spiro atoms. The van der Waals surface area contributed by atoms with Crippen LogP contribution in [0.3, 0.4) is 0 Å². The summed E-state index contributed by atoms with van der Waals surface area (Å²) in [6.07, 6.45) is 0. The van der Waals surface area contributed by atoms with Crippen LogP contribution in [0.15, 0.2) is 24.3 Å². The maximum absolute atomic E-state index is 13.4. The third-order valence-corrected chi connectivity index (χ3v) is 4.31. The molecular weight excluding hydrogens is 628 g/mol. The minimum absolute atomic E-state index is 0.299. The van der Waals surface area contributed by atoms with E-state index in [1.807, 2.05) is 0 Å². The van der Waals surface area contributed by atoms with Crippen LogP contribution in [0.25, 0.3) is 0 Å². The van der Waals surface area contributed by atoms with Crippen LogP contribution in [0.5, 0.6) is 0 Å². The number of carboxylic acids is 1. The highest BCUT2D eigenvalue weighted by Crippen LogP contribution is 2.25. The normalized spacial score (nSPS) is 9.83. The summed E-state index contributed by atoms with van der Waals surface area (Å²) >= 11 is 3.43. The monoisotopic (exact) mass is 636 g/mol. The van der Waals surface area contributed by atoms with E-state index in [4.69, 9.17) is 5.11 Å². The van der Waals surface area contributed by atoms with E-state index in [9.17, 15) is 38.6 Å². The molecule has 0 aliphatic heterocycles. The second-order valence-electron chi connectivity index (χ2n) is 4.88. The van der Waals surface area contributed by atoms with E-state index in [2.05, 4.69) is 4.74 Å². The standard InChI is InChI=1S/C8H5FINO4.C7H3FINO4/c1-15-8(12)5-2-4(10)3-6(7(5)9)11(13)14;8-6-4(7(11)12)1-3(9)2-5(6)10(13)14/h2-3H,1H3;1-2H,(H,11,12). The molecule has 14 heteroatoms. The number of hydrogen-bond donors (Lipinski definition) is 1. The third-order valence-electron chi connectivity index (χ3n) is 3.07. The van der Waals surface area contributed by atoms with Gasteiger partial charge in [-0.05, 0) is 57.3 Å². The molecule has 2 aromatic carbocycles. The number of ether oxygens (including phenoxy) is 1. The van der Waals surface area contributed by atoms with Crippen molar-refractivity contribution < 1.29 is 38.1 Å². The molecule has 0 fully saturated rings. The first kappa shape index (κ1) is 24.5. The molecule has 2 rings (SSSR count). The second kappa shape index (κ2) is 10.3. The highest BCUT2D eigenvalue weighted by atomic mass is 127. The number of carbonyl (C=O) groups is 2. The van der Waals surface area contributed by atoms with Gasteiger partial charge in [-0.25, -0.2) is 9.59 Å². The molecule has 0 saturated carbocycles. The summed E-state index contributed by atoms with van der Waals surface area (Å²) in [7, 11) is 1.08. The molecule has 0 atom stereocenters. The SMILES string of the molecule is COC(=O)c1cc(I)cc([N+](=O)[O-])c1F.O=C(O)c1cc(I)cc([N+](=O)[O-])c1F. The predicted molar refractivity (Wildman–Crippen MR) is 110 cm³/mol. The zero-order chi connectivity index (χ0) is 22.5. The zero-order valence-corrected chi connectivity index (χ0v) is 18.3. The maximum atomic E-state index is 13.4. The lowest BCUT2D eigenvalue weighted by Crippen LogP contribution is -2.07. The van der Waals surface area contributed by atoms with Crippen molar-refractivity contribution in [2.45, 2.75) is 0 Å². The number of carboxylic acid groups (broad SMARTS) is 1. The van der Waals surface area contributed by atoms with Gasteiger partial charge in [0.05, 0.1) is 17.0 Å². The summed E-state index contributed by atoms with van der Waals surface area (Å²) in [5.74, 6) is -4.95. The van der Waals surface area contributed by atoms with Crippen LogP contribution in [-0.2, 0) is 4.74 Å². The van der Waals surface area contributed by atoms with Crippen molar-refractivity contribution >= 4 is 68.5 Å². The largest absolute Gasteiger partial charge is 0.478 e. The summed E-state index contributed by atoms with van der Waals surface area (Å²) in [5.41, 5.74) is -2.68. The number of carbonyl (C=O) groups excluding carboxylic acids is 1. The van der Waals surface area contributed by atoms with Gasteiger partial charge in [0.1, 0.15) is 11.1 Å². The summed E-state index contributed by atoms with van der Waals surface area (Å²) in [5, 5.41) is 29.3. The lowest BCUT2D eigenvalue weighted by Gasteiger charge is -2.02. The number of aromatic carboxylic acids is 1. The van der Waals surface area contributed by atoms with Crippen molar-refractivity contribution in [3.8, 4) is 0 Å². The third kappa shape index (κ3) is 6.24. The number of rotatable bonds is 4. The van der Waals surface area contributed by atoms with E-state index in [0.717, 1.165) is 25.3 Å². The fraction of sp³-hybridized carbons (Fsp3) is 0.0667. The Morgan fingerprint density at radius 1 is 0.931 bits per heavy atom. The second-order valence-corrected chi connectivity index (χ2v) is 7.38. The molecule has 29 heavy (non-hydrogen) atoms. The molecule has 1 N–H and O–H groups in total. The molecule has 154 valence electrons. The summed E-state index contributed by atoms with van der Waals surface area (Å²) in [4.78, 5) is 40.5. The van der Waals surface area contributed by atoms with Crippen molar-refractivity contribution in [2.24, 2.45) is 0 Å². The van der Waals surface area contributed by atoms with Crippen molar-refractivity contribution in [1.29, 1.82) is 0 Å². The first-order chi connectivity index (χ1) is 13.4. The van der Waals surface area contributed by atoms with Gasteiger partial charge in [0.25, 0.3) is 0 Å². The number of nitro benzene ring substituents is 2. The fourth-order valence-electron chi connectivity index (χ4n) is 1.83. The minimum atomic E-state index is -1.52. The van der Waals surface area contributed by atoms with Gasteiger partial charge < -0.3 is 9.84 Å². The van der Waals surface area contributed by atoms with Crippen molar-refractivity contribution in [2.75, 3.05) is 7.11 Å². The average molecular weight is 636 g/mol. The molecule has 0 aliphatic rings. The average Bonchev–Trinajstić information content (AvgIpc) is 2.64. The van der Waals surface area contributed by atoms with Crippen LogP contribution in [0, 0.1) is 39.0 Å². The van der Waals surface area contributed by atoms with Crippen LogP contribution in [-0.4, -0.2) is 34.0 Å². The van der Waals surface area contributed by atoms with Crippen LogP contribution >= 0.6 is 45.2 Å². The number of hydrogen-bond acceptors (Lipinski definition) is 7. The lowest BCUT2D eigenvalue weighted by atomic mass is 10.2. The van der Waals surface area contributed by atoms with Crippen molar-refractivity contribution in [1.82, 2.24) is 0 Å². The van der Waals surface area contributed by atoms with E-state index < -0.39 is 55.9 Å². The highest BCUT2D eigenvalue weighted by molar-refractivity contribution is 14.1. The van der Waals surface area contributed by atoms with Crippen LogP contribution in [0.1, 0.15) is 20.7 Å². The molecule has 0 saturated heterocycles. The van der Waals surface area contributed by atoms with Crippen LogP contribution < -0.4 is 0 Å². The molecule has 10 nitrogen and oxygen atoms in total. The predicted octanol–water partition coefficient (Wildman–Crippen LogP) is 4.16. The van der Waals surface area contributed by atoms with Crippen LogP contribution in [0.4, 0.5) is 20.2 Å². The Bertz CT molecular complexity index is 981. The maximum Gasteiger partial charge on any atom is 0.341 e. The Hall–Kier alpha value is -2.50. The molecule has 0 amide bonds. The molecular formula is C15H8F2I2N2O8. The first-order valence-corrected chi connectivity index (χ1v) is 9.14. The van der Waals surface area contributed by atoms with Gasteiger partial charge in [-0.1, -0.05) is 0 Å². The smallest absolute Gasteiger partial charge is 0.341 e. The lowest BCUT2D eigenvalue weighted by molar-refractivity contribution is -0.387. The number of nitro groups is 2. The number of halogens is 4. The van der Waals surface area contributed by atoms with Gasteiger partial charge in [0.2, 0.25) is 11.6 Å². The molecule has 2 aromatic rings. The number of methoxy groups -OCH3 is 1. The Labute approximate surface area is 187 Å². The first-order valence-electron chi connectivity index (χ1n) is 6.99. The van der Waals surface area contributed by atoms with Gasteiger partial charge in [-0.15, -0.1) is 0 Å². The summed E-state index contributed by atoms with van der Waals surface area (Å²) in [6, 6.07) is 4.24. The van der Waals surface area contributed by atoms with E-state index in [0.29, 0.717) is 7.14 Å².